The summed E-state index contributed by atoms with van der Waals surface area (Å²) in [4.78, 5) is 0. The molecular formula is C18H22FN. The molecule has 0 radical (unpaired) electrons. The Hall–Kier alpha value is -1.67. The number of halogens is 1. The quantitative estimate of drug-likeness (QED) is 0.782. The zero-order valence-electron chi connectivity index (χ0n) is 12.0. The van der Waals surface area contributed by atoms with Gasteiger partial charge in [-0.2, -0.15) is 0 Å². The Morgan fingerprint density at radius 1 is 1.00 bits per heavy atom. The predicted molar refractivity (Wildman–Crippen MR) is 82.2 cm³/mol. The monoisotopic (exact) mass is 271 g/mol. The van der Waals surface area contributed by atoms with E-state index in [1.165, 1.54) is 5.56 Å². The molecule has 1 N–H and O–H groups in total. The molecule has 0 aliphatic heterocycles. The number of nitrogens with one attached hydrogen (secondary N) is 1. The van der Waals surface area contributed by atoms with Gasteiger partial charge in [-0.25, -0.2) is 4.39 Å². The highest BCUT2D eigenvalue weighted by Gasteiger charge is 2.14. The van der Waals surface area contributed by atoms with E-state index in [-0.39, 0.29) is 11.9 Å². The van der Waals surface area contributed by atoms with Gasteiger partial charge in [0.1, 0.15) is 5.82 Å². The predicted octanol–water partition coefficient (Wildman–Crippen LogP) is 4.50. The second-order valence-electron chi connectivity index (χ2n) is 5.05. The van der Waals surface area contributed by atoms with Crippen molar-refractivity contribution in [2.24, 2.45) is 0 Å². The molecule has 2 heteroatoms. The molecule has 2 aromatic carbocycles. The van der Waals surface area contributed by atoms with Crippen LogP contribution in [0.4, 0.5) is 4.39 Å². The number of benzene rings is 2. The summed E-state index contributed by atoms with van der Waals surface area (Å²) >= 11 is 0. The van der Waals surface area contributed by atoms with Crippen molar-refractivity contribution in [1.29, 1.82) is 0 Å². The van der Waals surface area contributed by atoms with Crippen LogP contribution in [-0.4, -0.2) is 6.54 Å². The lowest BCUT2D eigenvalue weighted by molar-refractivity contribution is 0.474. The molecule has 0 spiro atoms. The lowest BCUT2D eigenvalue weighted by atomic mass is 9.98. The standard InChI is InChI=1S/C18H22FN/c1-2-14-20-18(16-10-6-7-11-17(16)19)13-12-15-8-4-3-5-9-15/h3-11,18,20H,2,12-14H2,1H3. The fourth-order valence-electron chi connectivity index (χ4n) is 2.40. The third-order valence-corrected chi connectivity index (χ3v) is 3.49. The van der Waals surface area contributed by atoms with Crippen molar-refractivity contribution in [2.45, 2.75) is 32.2 Å². The van der Waals surface area contributed by atoms with Gasteiger partial charge in [0.2, 0.25) is 0 Å². The maximum atomic E-state index is 14.0. The average Bonchev–Trinajstić information content (AvgIpc) is 2.49. The molecular weight excluding hydrogens is 249 g/mol. The van der Waals surface area contributed by atoms with Crippen LogP contribution in [0.25, 0.3) is 0 Å². The lowest BCUT2D eigenvalue weighted by Gasteiger charge is -2.19. The molecule has 0 aromatic heterocycles. The van der Waals surface area contributed by atoms with E-state index in [0.29, 0.717) is 0 Å². The van der Waals surface area contributed by atoms with Crippen molar-refractivity contribution >= 4 is 0 Å². The van der Waals surface area contributed by atoms with Gasteiger partial charge in [0.05, 0.1) is 0 Å². The highest BCUT2D eigenvalue weighted by molar-refractivity contribution is 5.22. The van der Waals surface area contributed by atoms with E-state index in [0.717, 1.165) is 31.4 Å². The van der Waals surface area contributed by atoms with Crippen molar-refractivity contribution in [3.63, 3.8) is 0 Å². The van der Waals surface area contributed by atoms with Crippen molar-refractivity contribution < 1.29 is 4.39 Å². The van der Waals surface area contributed by atoms with Crippen LogP contribution in [0.15, 0.2) is 54.6 Å². The summed E-state index contributed by atoms with van der Waals surface area (Å²) in [7, 11) is 0. The Balaban J connectivity index is 2.06. The summed E-state index contributed by atoms with van der Waals surface area (Å²) in [5.74, 6) is -0.117. The number of rotatable bonds is 7. The van der Waals surface area contributed by atoms with Crippen LogP contribution < -0.4 is 5.32 Å². The number of hydrogen-bond acceptors (Lipinski definition) is 1. The van der Waals surface area contributed by atoms with Gasteiger partial charge in [0.15, 0.2) is 0 Å². The van der Waals surface area contributed by atoms with E-state index in [1.807, 2.05) is 30.3 Å². The third-order valence-electron chi connectivity index (χ3n) is 3.49. The van der Waals surface area contributed by atoms with Gasteiger partial charge in [-0.1, -0.05) is 55.5 Å². The summed E-state index contributed by atoms with van der Waals surface area (Å²) < 4.78 is 14.0. The van der Waals surface area contributed by atoms with E-state index in [2.05, 4.69) is 24.4 Å². The Morgan fingerprint density at radius 2 is 1.70 bits per heavy atom. The minimum atomic E-state index is -0.117. The second-order valence-corrected chi connectivity index (χ2v) is 5.05. The molecule has 0 aliphatic rings. The van der Waals surface area contributed by atoms with E-state index in [9.17, 15) is 4.39 Å². The van der Waals surface area contributed by atoms with Crippen LogP contribution in [0, 0.1) is 5.82 Å². The van der Waals surface area contributed by atoms with Crippen LogP contribution in [0.5, 0.6) is 0 Å². The maximum absolute atomic E-state index is 14.0. The van der Waals surface area contributed by atoms with Gasteiger partial charge in [0.25, 0.3) is 0 Å². The van der Waals surface area contributed by atoms with Gasteiger partial charge in [-0.15, -0.1) is 0 Å². The zero-order valence-corrected chi connectivity index (χ0v) is 12.0. The van der Waals surface area contributed by atoms with E-state index < -0.39 is 0 Å². The van der Waals surface area contributed by atoms with Crippen molar-refractivity contribution in [2.75, 3.05) is 6.54 Å². The summed E-state index contributed by atoms with van der Waals surface area (Å²) in [6.07, 6.45) is 2.91. The molecule has 0 bridgehead atoms. The molecule has 0 heterocycles. The average molecular weight is 271 g/mol. The minimum Gasteiger partial charge on any atom is -0.310 e. The normalized spacial score (nSPS) is 12.3. The first-order chi connectivity index (χ1) is 9.81. The largest absolute Gasteiger partial charge is 0.310 e. The number of hydrogen-bond donors (Lipinski definition) is 1. The Morgan fingerprint density at radius 3 is 2.40 bits per heavy atom. The fraction of sp³-hybridized carbons (Fsp3) is 0.333. The van der Waals surface area contributed by atoms with Crippen molar-refractivity contribution in [1.82, 2.24) is 5.32 Å². The Kier molecular flexibility index (Phi) is 5.75. The highest BCUT2D eigenvalue weighted by atomic mass is 19.1. The first kappa shape index (κ1) is 14.7. The van der Waals surface area contributed by atoms with Crippen LogP contribution in [0.1, 0.15) is 36.9 Å². The van der Waals surface area contributed by atoms with Gasteiger partial charge in [-0.3, -0.25) is 0 Å². The second kappa shape index (κ2) is 7.81. The van der Waals surface area contributed by atoms with Gasteiger partial charge >= 0.3 is 0 Å². The third kappa shape index (κ3) is 4.17. The fourth-order valence-corrected chi connectivity index (χ4v) is 2.40. The van der Waals surface area contributed by atoms with E-state index in [1.54, 1.807) is 12.1 Å². The molecule has 1 nitrogen and oxygen atoms in total. The molecule has 1 unspecified atom stereocenters. The van der Waals surface area contributed by atoms with E-state index in [4.69, 9.17) is 0 Å². The molecule has 106 valence electrons. The first-order valence-electron chi connectivity index (χ1n) is 7.33. The molecule has 2 aromatic rings. The minimum absolute atomic E-state index is 0.0800. The molecule has 1 atom stereocenters. The topological polar surface area (TPSA) is 12.0 Å². The molecule has 2 rings (SSSR count). The zero-order chi connectivity index (χ0) is 14.2. The number of aryl methyl sites for hydroxylation is 1. The molecule has 20 heavy (non-hydrogen) atoms. The van der Waals surface area contributed by atoms with Gasteiger partial charge in [-0.05, 0) is 37.4 Å². The Bertz CT molecular complexity index is 510. The van der Waals surface area contributed by atoms with Crippen LogP contribution >= 0.6 is 0 Å². The summed E-state index contributed by atoms with van der Waals surface area (Å²) in [5.41, 5.74) is 2.07. The maximum Gasteiger partial charge on any atom is 0.127 e. The summed E-state index contributed by atoms with van der Waals surface area (Å²) in [6, 6.07) is 17.5. The molecule has 0 amide bonds. The molecule has 0 saturated heterocycles. The van der Waals surface area contributed by atoms with Crippen molar-refractivity contribution in [3.05, 3.63) is 71.5 Å². The van der Waals surface area contributed by atoms with Gasteiger partial charge < -0.3 is 5.32 Å². The lowest BCUT2D eigenvalue weighted by Crippen LogP contribution is -2.23. The summed E-state index contributed by atoms with van der Waals surface area (Å²) in [6.45, 7) is 3.04. The van der Waals surface area contributed by atoms with E-state index >= 15 is 0 Å². The van der Waals surface area contributed by atoms with Gasteiger partial charge in [0, 0.05) is 11.6 Å². The molecule has 0 saturated carbocycles. The first-order valence-corrected chi connectivity index (χ1v) is 7.33. The Labute approximate surface area is 120 Å². The molecule has 0 aliphatic carbocycles. The van der Waals surface area contributed by atoms with Crippen LogP contribution in [0.2, 0.25) is 0 Å². The molecule has 0 fully saturated rings. The van der Waals surface area contributed by atoms with Crippen LogP contribution in [-0.2, 0) is 6.42 Å². The van der Waals surface area contributed by atoms with Crippen molar-refractivity contribution in [3.8, 4) is 0 Å². The SMILES string of the molecule is CCCNC(CCc1ccccc1)c1ccccc1F. The smallest absolute Gasteiger partial charge is 0.127 e. The summed E-state index contributed by atoms with van der Waals surface area (Å²) in [5, 5.41) is 3.46. The van der Waals surface area contributed by atoms with Crippen LogP contribution in [0.3, 0.4) is 0 Å². The highest BCUT2D eigenvalue weighted by Crippen LogP contribution is 2.22.